The summed E-state index contributed by atoms with van der Waals surface area (Å²) in [6.07, 6.45) is 3.66. The van der Waals surface area contributed by atoms with Crippen molar-refractivity contribution in [2.75, 3.05) is 11.4 Å². The number of anilines is 1. The molecule has 1 atom stereocenters. The van der Waals surface area contributed by atoms with Gasteiger partial charge in [-0.3, -0.25) is 19.5 Å². The van der Waals surface area contributed by atoms with Gasteiger partial charge in [0.05, 0.1) is 11.9 Å². The fourth-order valence-electron chi connectivity index (χ4n) is 2.64. The van der Waals surface area contributed by atoms with Gasteiger partial charge in [-0.05, 0) is 44.7 Å². The smallest absolute Gasteiger partial charge is 0.253 e. The number of carbonyl (C=O) groups excluding carboxylic acids is 2. The molecular weight excluding hydrogens is 242 g/mol. The summed E-state index contributed by atoms with van der Waals surface area (Å²) in [5, 5.41) is 2.87. The molecule has 100 valence electrons. The van der Waals surface area contributed by atoms with E-state index in [0.717, 1.165) is 18.5 Å². The van der Waals surface area contributed by atoms with Gasteiger partial charge in [-0.25, -0.2) is 0 Å². The van der Waals surface area contributed by atoms with Crippen molar-refractivity contribution < 1.29 is 9.59 Å². The van der Waals surface area contributed by atoms with Gasteiger partial charge in [0.25, 0.3) is 5.91 Å². The second-order valence-electron chi connectivity index (χ2n) is 5.57. The number of aryl methyl sites for hydroxylation is 1. The number of carbonyl (C=O) groups is 2. The van der Waals surface area contributed by atoms with E-state index in [9.17, 15) is 9.59 Å². The normalized spacial score (nSPS) is 27.4. The maximum absolute atomic E-state index is 12.6. The summed E-state index contributed by atoms with van der Waals surface area (Å²) in [5.41, 5.74) is 0.833. The van der Waals surface area contributed by atoms with Crippen LogP contribution in [0.15, 0.2) is 18.3 Å². The van der Waals surface area contributed by atoms with Crippen molar-refractivity contribution in [3.63, 3.8) is 0 Å². The van der Waals surface area contributed by atoms with Gasteiger partial charge in [-0.1, -0.05) is 0 Å². The SMILES string of the molecule is Cc1ccc(N2CC(=O)NC(C)(C3CC3)C2=O)cn1. The zero-order chi connectivity index (χ0) is 13.6. The zero-order valence-electron chi connectivity index (χ0n) is 11.1. The lowest BCUT2D eigenvalue weighted by Gasteiger charge is -2.39. The summed E-state index contributed by atoms with van der Waals surface area (Å²) in [6.45, 7) is 3.80. The van der Waals surface area contributed by atoms with E-state index in [-0.39, 0.29) is 24.3 Å². The fraction of sp³-hybridized carbons (Fsp3) is 0.500. The summed E-state index contributed by atoms with van der Waals surface area (Å²) in [5.74, 6) is 0.139. The third kappa shape index (κ3) is 1.99. The summed E-state index contributed by atoms with van der Waals surface area (Å²) >= 11 is 0. The molecule has 0 aromatic carbocycles. The predicted octanol–water partition coefficient (Wildman–Crippen LogP) is 1.02. The summed E-state index contributed by atoms with van der Waals surface area (Å²) in [6, 6.07) is 3.69. The molecular formula is C14H17N3O2. The van der Waals surface area contributed by atoms with Crippen molar-refractivity contribution in [3.8, 4) is 0 Å². The van der Waals surface area contributed by atoms with Crippen molar-refractivity contribution in [1.29, 1.82) is 0 Å². The topological polar surface area (TPSA) is 62.3 Å². The van der Waals surface area contributed by atoms with Gasteiger partial charge in [0, 0.05) is 5.69 Å². The molecule has 2 heterocycles. The molecule has 1 aliphatic carbocycles. The summed E-state index contributed by atoms with van der Waals surface area (Å²) in [4.78, 5) is 30.3. The first kappa shape index (κ1) is 12.1. The molecule has 19 heavy (non-hydrogen) atoms. The molecule has 1 aliphatic heterocycles. The Hall–Kier alpha value is -1.91. The molecule has 0 radical (unpaired) electrons. The molecule has 1 saturated heterocycles. The van der Waals surface area contributed by atoms with E-state index in [1.54, 1.807) is 11.1 Å². The molecule has 1 saturated carbocycles. The van der Waals surface area contributed by atoms with Gasteiger partial charge in [0.2, 0.25) is 5.91 Å². The molecule has 1 aromatic heterocycles. The Morgan fingerprint density at radius 2 is 2.11 bits per heavy atom. The van der Waals surface area contributed by atoms with Crippen LogP contribution in [0.5, 0.6) is 0 Å². The van der Waals surface area contributed by atoms with Gasteiger partial charge in [-0.2, -0.15) is 0 Å². The van der Waals surface area contributed by atoms with E-state index in [2.05, 4.69) is 10.3 Å². The van der Waals surface area contributed by atoms with Crippen LogP contribution in [-0.4, -0.2) is 28.9 Å². The highest BCUT2D eigenvalue weighted by Crippen LogP contribution is 2.42. The van der Waals surface area contributed by atoms with Gasteiger partial charge in [-0.15, -0.1) is 0 Å². The third-order valence-electron chi connectivity index (χ3n) is 3.99. The minimum absolute atomic E-state index is 0.0275. The summed E-state index contributed by atoms with van der Waals surface area (Å²) < 4.78 is 0. The number of rotatable bonds is 2. The van der Waals surface area contributed by atoms with E-state index in [0.29, 0.717) is 5.69 Å². The number of hydrogen-bond donors (Lipinski definition) is 1. The standard InChI is InChI=1S/C14H17N3O2/c1-9-3-6-11(7-15-9)17-8-12(18)16-14(2,13(17)19)10-4-5-10/h3,6-7,10H,4-5,8H2,1-2H3,(H,16,18). The lowest BCUT2D eigenvalue weighted by atomic mass is 9.91. The Morgan fingerprint density at radius 1 is 1.37 bits per heavy atom. The molecule has 2 aliphatic rings. The maximum atomic E-state index is 12.6. The molecule has 5 heteroatoms. The van der Waals surface area contributed by atoms with Crippen LogP contribution in [-0.2, 0) is 9.59 Å². The Balaban J connectivity index is 1.94. The Bertz CT molecular complexity index is 536. The monoisotopic (exact) mass is 259 g/mol. The van der Waals surface area contributed by atoms with Crippen LogP contribution in [0, 0.1) is 12.8 Å². The average molecular weight is 259 g/mol. The highest BCUT2D eigenvalue weighted by atomic mass is 16.2. The van der Waals surface area contributed by atoms with E-state index >= 15 is 0 Å². The molecule has 0 bridgehead atoms. The molecule has 2 amide bonds. The largest absolute Gasteiger partial charge is 0.340 e. The fourth-order valence-corrected chi connectivity index (χ4v) is 2.64. The number of hydrogen-bond acceptors (Lipinski definition) is 3. The number of nitrogens with one attached hydrogen (secondary N) is 1. The predicted molar refractivity (Wildman–Crippen MR) is 70.6 cm³/mol. The minimum atomic E-state index is -0.750. The van der Waals surface area contributed by atoms with Crippen LogP contribution < -0.4 is 10.2 Å². The Morgan fingerprint density at radius 3 is 2.68 bits per heavy atom. The van der Waals surface area contributed by atoms with Crippen LogP contribution in [0.4, 0.5) is 5.69 Å². The van der Waals surface area contributed by atoms with Crippen molar-refractivity contribution in [2.45, 2.75) is 32.2 Å². The molecule has 2 fully saturated rings. The second-order valence-corrected chi connectivity index (χ2v) is 5.57. The Kier molecular flexibility index (Phi) is 2.59. The van der Waals surface area contributed by atoms with E-state index in [4.69, 9.17) is 0 Å². The molecule has 1 N–H and O–H groups in total. The van der Waals surface area contributed by atoms with Gasteiger partial charge >= 0.3 is 0 Å². The maximum Gasteiger partial charge on any atom is 0.253 e. The molecule has 5 nitrogen and oxygen atoms in total. The van der Waals surface area contributed by atoms with Gasteiger partial charge < -0.3 is 5.32 Å². The van der Waals surface area contributed by atoms with Crippen LogP contribution in [0.3, 0.4) is 0 Å². The minimum Gasteiger partial charge on any atom is -0.340 e. The van der Waals surface area contributed by atoms with E-state index in [1.165, 1.54) is 0 Å². The first-order valence-corrected chi connectivity index (χ1v) is 6.56. The number of piperazine rings is 1. The third-order valence-corrected chi connectivity index (χ3v) is 3.99. The highest BCUT2D eigenvalue weighted by molar-refractivity contribution is 6.09. The van der Waals surface area contributed by atoms with Crippen LogP contribution in [0.2, 0.25) is 0 Å². The van der Waals surface area contributed by atoms with E-state index < -0.39 is 5.54 Å². The Labute approximate surface area is 112 Å². The highest BCUT2D eigenvalue weighted by Gasteiger charge is 2.52. The first-order valence-electron chi connectivity index (χ1n) is 6.56. The van der Waals surface area contributed by atoms with Crippen LogP contribution in [0.1, 0.15) is 25.5 Å². The summed E-state index contributed by atoms with van der Waals surface area (Å²) in [7, 11) is 0. The van der Waals surface area contributed by atoms with Crippen LogP contribution >= 0.6 is 0 Å². The van der Waals surface area contributed by atoms with Crippen molar-refractivity contribution >= 4 is 17.5 Å². The van der Waals surface area contributed by atoms with E-state index in [1.807, 2.05) is 26.0 Å². The quantitative estimate of drug-likeness (QED) is 0.862. The molecule has 1 aromatic rings. The molecule has 3 rings (SSSR count). The van der Waals surface area contributed by atoms with Crippen molar-refractivity contribution in [2.24, 2.45) is 5.92 Å². The van der Waals surface area contributed by atoms with Crippen molar-refractivity contribution in [3.05, 3.63) is 24.0 Å². The molecule has 1 unspecified atom stereocenters. The van der Waals surface area contributed by atoms with Gasteiger partial charge in [0.15, 0.2) is 0 Å². The number of aromatic nitrogens is 1. The lowest BCUT2D eigenvalue weighted by molar-refractivity contribution is -0.136. The lowest BCUT2D eigenvalue weighted by Crippen LogP contribution is -2.66. The van der Waals surface area contributed by atoms with Gasteiger partial charge in [0.1, 0.15) is 12.1 Å². The second kappa shape index (κ2) is 4.05. The van der Waals surface area contributed by atoms with Crippen LogP contribution in [0.25, 0.3) is 0 Å². The zero-order valence-corrected chi connectivity index (χ0v) is 11.1. The number of pyridine rings is 1. The van der Waals surface area contributed by atoms with Crippen molar-refractivity contribution in [1.82, 2.24) is 10.3 Å². The number of nitrogens with zero attached hydrogens (tertiary/aromatic N) is 2. The molecule has 0 spiro atoms. The average Bonchev–Trinajstić information content (AvgIpc) is 3.19. The first-order chi connectivity index (χ1) is 9.00. The number of amides is 2.